The van der Waals surface area contributed by atoms with E-state index in [1.165, 1.54) is 6.42 Å². The van der Waals surface area contributed by atoms with Crippen LogP contribution in [0.5, 0.6) is 0 Å². The van der Waals surface area contributed by atoms with Gasteiger partial charge >= 0.3 is 0 Å². The third-order valence-electron chi connectivity index (χ3n) is 8.71. The largest absolute Gasteiger partial charge is 0.352 e. The Bertz CT molecular complexity index is 725. The minimum Gasteiger partial charge on any atom is -0.352 e. The summed E-state index contributed by atoms with van der Waals surface area (Å²) in [7, 11) is 0. The number of carbonyl (C=O) groups is 1. The van der Waals surface area contributed by atoms with Crippen molar-refractivity contribution in [1.29, 1.82) is 0 Å². The number of anilines is 1. The zero-order valence-electron chi connectivity index (χ0n) is 19.6. The number of benzene rings is 1. The summed E-state index contributed by atoms with van der Waals surface area (Å²) in [4.78, 5) is 13.5. The molecule has 1 aliphatic carbocycles. The molecule has 3 heteroatoms. The molecule has 4 atom stereocenters. The molecule has 1 aromatic rings. The zero-order chi connectivity index (χ0) is 21.5. The molecule has 1 aliphatic heterocycles. The van der Waals surface area contributed by atoms with Crippen LogP contribution in [0.15, 0.2) is 30.3 Å². The first-order valence-corrected chi connectivity index (χ1v) is 11.6. The second-order valence-corrected chi connectivity index (χ2v) is 10.7. The molecule has 1 amide bonds. The minimum atomic E-state index is -0.693. The predicted molar refractivity (Wildman–Crippen MR) is 121 cm³/mol. The van der Waals surface area contributed by atoms with Crippen molar-refractivity contribution in [2.24, 2.45) is 22.7 Å². The molecular weight excluding hydrogens is 358 g/mol. The summed E-state index contributed by atoms with van der Waals surface area (Å²) in [5, 5.41) is 3.15. The highest BCUT2D eigenvalue weighted by molar-refractivity contribution is 6.00. The van der Waals surface area contributed by atoms with Gasteiger partial charge in [0, 0.05) is 5.69 Å². The van der Waals surface area contributed by atoms with E-state index in [1.54, 1.807) is 0 Å². The first-order valence-electron chi connectivity index (χ1n) is 11.6. The number of para-hydroxylation sites is 1. The molecule has 1 heterocycles. The molecule has 1 aromatic carbocycles. The van der Waals surface area contributed by atoms with Crippen LogP contribution in [0.1, 0.15) is 87.0 Å². The fourth-order valence-corrected chi connectivity index (χ4v) is 5.77. The van der Waals surface area contributed by atoms with Gasteiger partial charge < -0.3 is 10.1 Å². The van der Waals surface area contributed by atoms with Gasteiger partial charge in [0.25, 0.3) is 5.91 Å². The number of ether oxygens (including phenoxy) is 1. The van der Waals surface area contributed by atoms with E-state index < -0.39 is 5.60 Å². The normalized spacial score (nSPS) is 32.2. The van der Waals surface area contributed by atoms with E-state index in [1.807, 2.05) is 30.3 Å². The van der Waals surface area contributed by atoms with Crippen molar-refractivity contribution in [2.45, 2.75) is 98.2 Å². The maximum absolute atomic E-state index is 13.5. The lowest BCUT2D eigenvalue weighted by molar-refractivity contribution is -0.121. The molecule has 3 nitrogen and oxygen atoms in total. The summed E-state index contributed by atoms with van der Waals surface area (Å²) >= 11 is 0. The first kappa shape index (κ1) is 22.3. The van der Waals surface area contributed by atoms with Crippen molar-refractivity contribution < 1.29 is 9.53 Å². The number of hydrogen-bond donors (Lipinski definition) is 1. The molecular formula is C26H41NO2. The minimum absolute atomic E-state index is 0.0382. The molecule has 0 bridgehead atoms. The number of nitrogens with one attached hydrogen (secondary N) is 1. The van der Waals surface area contributed by atoms with Gasteiger partial charge in [-0.15, -0.1) is 0 Å². The molecule has 1 N–H and O–H groups in total. The van der Waals surface area contributed by atoms with E-state index in [0.717, 1.165) is 37.8 Å². The molecule has 2 fully saturated rings. The fraction of sp³-hybridized carbons (Fsp3) is 0.731. The standard InChI is InChI=1S/C26H41NO2/c1-8-23(4,5)19-16-17-26(21(18-19)24(6,7)9-2)25(10-3,29-26)22(28)27-20-14-12-11-13-15-20/h11-15,19,21H,8-10,16-18H2,1-7H3,(H,27,28). The Morgan fingerprint density at radius 1 is 1.07 bits per heavy atom. The summed E-state index contributed by atoms with van der Waals surface area (Å²) in [5.41, 5.74) is 0.316. The van der Waals surface area contributed by atoms with Crippen LogP contribution in [0.3, 0.4) is 0 Å². The maximum Gasteiger partial charge on any atom is 0.259 e. The van der Waals surface area contributed by atoms with Crippen LogP contribution < -0.4 is 5.32 Å². The lowest BCUT2D eigenvalue weighted by Gasteiger charge is -2.48. The first-order chi connectivity index (χ1) is 13.6. The molecule has 29 heavy (non-hydrogen) atoms. The van der Waals surface area contributed by atoms with E-state index in [0.29, 0.717) is 17.3 Å². The molecule has 162 valence electrons. The van der Waals surface area contributed by atoms with Crippen molar-refractivity contribution in [3.8, 4) is 0 Å². The topological polar surface area (TPSA) is 41.6 Å². The van der Waals surface area contributed by atoms with Gasteiger partial charge in [0.05, 0.1) is 0 Å². The molecule has 0 radical (unpaired) electrons. The zero-order valence-corrected chi connectivity index (χ0v) is 19.6. The lowest BCUT2D eigenvalue weighted by Crippen LogP contribution is -2.50. The molecule has 3 rings (SSSR count). The van der Waals surface area contributed by atoms with Crippen LogP contribution in [-0.4, -0.2) is 17.1 Å². The van der Waals surface area contributed by atoms with E-state index in [-0.39, 0.29) is 16.9 Å². The number of epoxide rings is 1. The molecule has 1 saturated carbocycles. The fourth-order valence-electron chi connectivity index (χ4n) is 5.77. The van der Waals surface area contributed by atoms with Crippen molar-refractivity contribution in [3.05, 3.63) is 30.3 Å². The van der Waals surface area contributed by atoms with Crippen molar-refractivity contribution in [3.63, 3.8) is 0 Å². The van der Waals surface area contributed by atoms with E-state index in [4.69, 9.17) is 4.74 Å². The van der Waals surface area contributed by atoms with Gasteiger partial charge in [-0.1, -0.05) is 79.5 Å². The Balaban J connectivity index is 1.91. The summed E-state index contributed by atoms with van der Waals surface area (Å²) < 4.78 is 6.60. The third-order valence-corrected chi connectivity index (χ3v) is 8.71. The van der Waals surface area contributed by atoms with Crippen molar-refractivity contribution in [2.75, 3.05) is 5.32 Å². The quantitative estimate of drug-likeness (QED) is 0.510. The summed E-state index contributed by atoms with van der Waals surface area (Å²) in [5.74, 6) is 1.12. The monoisotopic (exact) mass is 399 g/mol. The van der Waals surface area contributed by atoms with Gasteiger partial charge in [0.15, 0.2) is 5.60 Å². The van der Waals surface area contributed by atoms with Crippen LogP contribution in [0.2, 0.25) is 0 Å². The molecule has 4 unspecified atom stereocenters. The molecule has 2 aliphatic rings. The predicted octanol–water partition coefficient (Wildman–Crippen LogP) is 6.83. The molecule has 1 spiro atoms. The second kappa shape index (κ2) is 7.72. The number of hydrogen-bond acceptors (Lipinski definition) is 2. The average Bonchev–Trinajstić information content (AvgIpc) is 3.37. The van der Waals surface area contributed by atoms with Crippen LogP contribution in [0.4, 0.5) is 5.69 Å². The van der Waals surface area contributed by atoms with E-state index in [9.17, 15) is 4.79 Å². The van der Waals surface area contributed by atoms with Gasteiger partial charge in [0.1, 0.15) is 5.60 Å². The van der Waals surface area contributed by atoms with Crippen LogP contribution in [0.25, 0.3) is 0 Å². The summed E-state index contributed by atoms with van der Waals surface area (Å²) in [6.07, 6.45) is 6.31. The van der Waals surface area contributed by atoms with Gasteiger partial charge in [-0.3, -0.25) is 4.79 Å². The second-order valence-electron chi connectivity index (χ2n) is 10.7. The van der Waals surface area contributed by atoms with Crippen molar-refractivity contribution in [1.82, 2.24) is 0 Å². The highest BCUT2D eigenvalue weighted by Crippen LogP contribution is 2.67. The van der Waals surface area contributed by atoms with Crippen molar-refractivity contribution >= 4 is 11.6 Å². The average molecular weight is 400 g/mol. The number of rotatable bonds is 7. The lowest BCUT2D eigenvalue weighted by atomic mass is 9.54. The van der Waals surface area contributed by atoms with Gasteiger partial charge in [-0.2, -0.15) is 0 Å². The van der Waals surface area contributed by atoms with Crippen LogP contribution >= 0.6 is 0 Å². The summed E-state index contributed by atoms with van der Waals surface area (Å²) in [6, 6.07) is 9.78. The Morgan fingerprint density at radius 2 is 1.69 bits per heavy atom. The smallest absolute Gasteiger partial charge is 0.259 e. The molecule has 0 aromatic heterocycles. The maximum atomic E-state index is 13.5. The highest BCUT2D eigenvalue weighted by Gasteiger charge is 2.78. The van der Waals surface area contributed by atoms with E-state index >= 15 is 0 Å². The SMILES string of the molecule is CCC(C)(C)C1CCC2(OC2(CC)C(=O)Nc2ccccc2)C(C(C)(C)CC)C1. The number of carbonyl (C=O) groups excluding carboxylic acids is 1. The van der Waals surface area contributed by atoms with Gasteiger partial charge in [0.2, 0.25) is 0 Å². The number of amides is 1. The van der Waals surface area contributed by atoms with E-state index in [2.05, 4.69) is 53.8 Å². The Kier molecular flexibility index (Phi) is 5.95. The highest BCUT2D eigenvalue weighted by atomic mass is 16.6. The van der Waals surface area contributed by atoms with Crippen LogP contribution in [0, 0.1) is 22.7 Å². The third kappa shape index (κ3) is 3.65. The van der Waals surface area contributed by atoms with Gasteiger partial charge in [-0.25, -0.2) is 0 Å². The Labute approximate surface area is 178 Å². The van der Waals surface area contributed by atoms with Gasteiger partial charge in [-0.05, 0) is 60.5 Å². The summed E-state index contributed by atoms with van der Waals surface area (Å²) in [6.45, 7) is 16.3. The van der Waals surface area contributed by atoms with Crippen LogP contribution in [-0.2, 0) is 9.53 Å². The Hall–Kier alpha value is -1.35. The Morgan fingerprint density at radius 3 is 2.24 bits per heavy atom. The molecule has 1 saturated heterocycles.